The zero-order valence-electron chi connectivity index (χ0n) is 12.3. The van der Waals surface area contributed by atoms with Gasteiger partial charge >= 0.3 is 6.01 Å². The summed E-state index contributed by atoms with van der Waals surface area (Å²) < 4.78 is 5.40. The molecule has 1 aromatic rings. The molecular formula is C13H23N5O2. The second-order valence-corrected chi connectivity index (χ2v) is 4.91. The van der Waals surface area contributed by atoms with E-state index in [2.05, 4.69) is 27.2 Å². The third-order valence-corrected chi connectivity index (χ3v) is 3.54. The summed E-state index contributed by atoms with van der Waals surface area (Å²) in [4.78, 5) is 15.0. The number of ether oxygens (including phenoxy) is 1. The van der Waals surface area contributed by atoms with E-state index in [-0.39, 0.29) is 12.6 Å². The largest absolute Gasteiger partial charge is 0.464 e. The minimum atomic E-state index is 0.0568. The third-order valence-electron chi connectivity index (χ3n) is 3.54. The van der Waals surface area contributed by atoms with E-state index in [1.54, 1.807) is 0 Å². The van der Waals surface area contributed by atoms with Crippen LogP contribution in [0.3, 0.4) is 0 Å². The second-order valence-electron chi connectivity index (χ2n) is 4.91. The molecule has 0 aromatic carbocycles. The SMILES string of the molecule is CCNc1nc(OCC)nc(N2CCC(C)C2CO)n1. The molecular weight excluding hydrogens is 258 g/mol. The summed E-state index contributed by atoms with van der Waals surface area (Å²) in [5, 5.41) is 12.6. The van der Waals surface area contributed by atoms with Crippen molar-refractivity contribution in [2.75, 3.05) is 36.5 Å². The van der Waals surface area contributed by atoms with Crippen molar-refractivity contribution < 1.29 is 9.84 Å². The van der Waals surface area contributed by atoms with Crippen LogP contribution in [0.15, 0.2) is 0 Å². The molecule has 0 bridgehead atoms. The zero-order valence-corrected chi connectivity index (χ0v) is 12.3. The smallest absolute Gasteiger partial charge is 0.323 e. The Kier molecular flexibility index (Phi) is 4.94. The zero-order chi connectivity index (χ0) is 14.5. The van der Waals surface area contributed by atoms with Crippen molar-refractivity contribution in [3.63, 3.8) is 0 Å². The Morgan fingerprint density at radius 3 is 2.80 bits per heavy atom. The number of nitrogens with zero attached hydrogens (tertiary/aromatic N) is 4. The van der Waals surface area contributed by atoms with E-state index >= 15 is 0 Å². The van der Waals surface area contributed by atoms with Gasteiger partial charge in [-0.3, -0.25) is 0 Å². The van der Waals surface area contributed by atoms with E-state index in [9.17, 15) is 5.11 Å². The predicted octanol–water partition coefficient (Wildman–Crippen LogP) is 0.909. The van der Waals surface area contributed by atoms with Gasteiger partial charge in [-0.15, -0.1) is 0 Å². The van der Waals surface area contributed by atoms with Crippen molar-refractivity contribution in [2.24, 2.45) is 5.92 Å². The maximum Gasteiger partial charge on any atom is 0.323 e. The summed E-state index contributed by atoms with van der Waals surface area (Å²) in [6.45, 7) is 8.20. The van der Waals surface area contributed by atoms with Crippen LogP contribution in [0.1, 0.15) is 27.2 Å². The van der Waals surface area contributed by atoms with Crippen LogP contribution in [0.5, 0.6) is 6.01 Å². The first-order valence-electron chi connectivity index (χ1n) is 7.19. The Bertz CT molecular complexity index is 419. The number of anilines is 2. The van der Waals surface area contributed by atoms with Gasteiger partial charge in [-0.2, -0.15) is 15.0 Å². The fraction of sp³-hybridized carbons (Fsp3) is 0.769. The van der Waals surface area contributed by atoms with Gasteiger partial charge in [0.15, 0.2) is 0 Å². The second kappa shape index (κ2) is 6.69. The van der Waals surface area contributed by atoms with Gasteiger partial charge in [0.2, 0.25) is 11.9 Å². The maximum atomic E-state index is 9.55. The highest BCUT2D eigenvalue weighted by atomic mass is 16.5. The van der Waals surface area contributed by atoms with Gasteiger partial charge < -0.3 is 20.1 Å². The minimum absolute atomic E-state index is 0.0568. The Hall–Kier alpha value is -1.63. The molecule has 2 N–H and O–H groups in total. The van der Waals surface area contributed by atoms with Crippen LogP contribution in [0.4, 0.5) is 11.9 Å². The summed E-state index contributed by atoms with van der Waals surface area (Å²) in [6.07, 6.45) is 1.03. The van der Waals surface area contributed by atoms with E-state index in [0.29, 0.717) is 30.4 Å². The van der Waals surface area contributed by atoms with Crippen LogP contribution in [0, 0.1) is 5.92 Å². The molecule has 0 spiro atoms. The molecule has 20 heavy (non-hydrogen) atoms. The Morgan fingerprint density at radius 1 is 1.35 bits per heavy atom. The number of nitrogens with one attached hydrogen (secondary N) is 1. The molecule has 0 amide bonds. The molecule has 2 heterocycles. The number of hydrogen-bond acceptors (Lipinski definition) is 7. The van der Waals surface area contributed by atoms with Crippen molar-refractivity contribution in [1.29, 1.82) is 0 Å². The predicted molar refractivity (Wildman–Crippen MR) is 77.2 cm³/mol. The Morgan fingerprint density at radius 2 is 2.15 bits per heavy atom. The highest BCUT2D eigenvalue weighted by Crippen LogP contribution is 2.28. The molecule has 1 aliphatic rings. The highest BCUT2D eigenvalue weighted by molar-refractivity contribution is 5.40. The molecule has 1 aromatic heterocycles. The van der Waals surface area contributed by atoms with Crippen LogP contribution in [0.2, 0.25) is 0 Å². The lowest BCUT2D eigenvalue weighted by atomic mass is 10.0. The quantitative estimate of drug-likeness (QED) is 0.801. The molecule has 7 heteroatoms. The average Bonchev–Trinajstić information content (AvgIpc) is 2.80. The molecule has 112 valence electrons. The first-order valence-corrected chi connectivity index (χ1v) is 7.19. The summed E-state index contributed by atoms with van der Waals surface area (Å²) in [5.74, 6) is 1.51. The number of rotatable bonds is 6. The van der Waals surface area contributed by atoms with Crippen molar-refractivity contribution in [3.8, 4) is 6.01 Å². The first kappa shape index (κ1) is 14.8. The molecule has 2 rings (SSSR count). The lowest BCUT2D eigenvalue weighted by Gasteiger charge is -2.25. The topological polar surface area (TPSA) is 83.4 Å². The Labute approximate surface area is 119 Å². The van der Waals surface area contributed by atoms with Crippen molar-refractivity contribution >= 4 is 11.9 Å². The highest BCUT2D eigenvalue weighted by Gasteiger charge is 2.32. The molecule has 0 radical (unpaired) electrons. The van der Waals surface area contributed by atoms with Crippen molar-refractivity contribution in [2.45, 2.75) is 33.2 Å². The Balaban J connectivity index is 2.29. The van der Waals surface area contributed by atoms with Gasteiger partial charge in [0, 0.05) is 13.1 Å². The molecule has 0 saturated carbocycles. The fourth-order valence-electron chi connectivity index (χ4n) is 2.44. The van der Waals surface area contributed by atoms with Crippen LogP contribution < -0.4 is 15.0 Å². The first-order chi connectivity index (χ1) is 9.69. The molecule has 1 saturated heterocycles. The minimum Gasteiger partial charge on any atom is -0.464 e. The number of aliphatic hydroxyl groups is 1. The van der Waals surface area contributed by atoms with Crippen LogP contribution in [-0.2, 0) is 0 Å². The molecule has 1 fully saturated rings. The lowest BCUT2D eigenvalue weighted by Crippen LogP contribution is -2.36. The van der Waals surface area contributed by atoms with Gasteiger partial charge in [0.1, 0.15) is 0 Å². The summed E-state index contributed by atoms with van der Waals surface area (Å²) >= 11 is 0. The van der Waals surface area contributed by atoms with E-state index in [0.717, 1.165) is 19.5 Å². The monoisotopic (exact) mass is 281 g/mol. The van der Waals surface area contributed by atoms with Crippen LogP contribution >= 0.6 is 0 Å². The third kappa shape index (κ3) is 3.09. The van der Waals surface area contributed by atoms with E-state index in [1.165, 1.54) is 0 Å². The fourth-order valence-corrected chi connectivity index (χ4v) is 2.44. The van der Waals surface area contributed by atoms with E-state index in [1.807, 2.05) is 18.7 Å². The van der Waals surface area contributed by atoms with Crippen LogP contribution in [0.25, 0.3) is 0 Å². The van der Waals surface area contributed by atoms with Gasteiger partial charge in [-0.05, 0) is 26.2 Å². The average molecular weight is 281 g/mol. The van der Waals surface area contributed by atoms with E-state index in [4.69, 9.17) is 4.74 Å². The van der Waals surface area contributed by atoms with E-state index < -0.39 is 0 Å². The molecule has 1 aliphatic heterocycles. The molecule has 2 atom stereocenters. The molecule has 7 nitrogen and oxygen atoms in total. The lowest BCUT2D eigenvalue weighted by molar-refractivity contribution is 0.243. The number of aromatic nitrogens is 3. The van der Waals surface area contributed by atoms with Gasteiger partial charge in [0.25, 0.3) is 0 Å². The van der Waals surface area contributed by atoms with Crippen LogP contribution in [-0.4, -0.2) is 52.4 Å². The number of aliphatic hydroxyl groups excluding tert-OH is 1. The van der Waals surface area contributed by atoms with Gasteiger partial charge in [0.05, 0.1) is 19.3 Å². The summed E-state index contributed by atoms with van der Waals surface area (Å²) in [6, 6.07) is 0.381. The molecule has 0 aliphatic carbocycles. The normalized spacial score (nSPS) is 22.1. The summed E-state index contributed by atoms with van der Waals surface area (Å²) in [7, 11) is 0. The molecule has 2 unspecified atom stereocenters. The van der Waals surface area contributed by atoms with Gasteiger partial charge in [-0.1, -0.05) is 6.92 Å². The summed E-state index contributed by atoms with van der Waals surface area (Å²) in [5.41, 5.74) is 0. The van der Waals surface area contributed by atoms with Crippen molar-refractivity contribution in [3.05, 3.63) is 0 Å². The van der Waals surface area contributed by atoms with Gasteiger partial charge in [-0.25, -0.2) is 0 Å². The number of hydrogen-bond donors (Lipinski definition) is 2. The maximum absolute atomic E-state index is 9.55. The standard InChI is InChI=1S/C13H23N5O2/c1-4-14-11-15-12(17-13(16-11)20-5-2)18-7-6-9(3)10(18)8-19/h9-10,19H,4-8H2,1-3H3,(H,14,15,16,17). The van der Waals surface area contributed by atoms with Crippen molar-refractivity contribution in [1.82, 2.24) is 15.0 Å².